The highest BCUT2D eigenvalue weighted by Gasteiger charge is 2.11. The molecule has 0 atom stereocenters. The number of anilines is 3. The maximum Gasteiger partial charge on any atom is 0.232 e. The van der Waals surface area contributed by atoms with Crippen molar-refractivity contribution in [3.05, 3.63) is 42.1 Å². The van der Waals surface area contributed by atoms with E-state index < -0.39 is 0 Å². The Bertz CT molecular complexity index is 598. The van der Waals surface area contributed by atoms with E-state index >= 15 is 0 Å². The van der Waals surface area contributed by atoms with E-state index in [9.17, 15) is 0 Å². The molecule has 0 unspecified atom stereocenters. The molecule has 1 N–H and O–H groups in total. The number of hydrogen-bond donors (Lipinski definition) is 1. The van der Waals surface area contributed by atoms with Crippen LogP contribution in [0.5, 0.6) is 0 Å². The number of hydrogen-bond acceptors (Lipinski definition) is 5. The third kappa shape index (κ3) is 5.21. The average Bonchev–Trinajstić information content (AvgIpc) is 2.53. The molecule has 0 saturated carbocycles. The zero-order valence-corrected chi connectivity index (χ0v) is 14.6. The van der Waals surface area contributed by atoms with Gasteiger partial charge in [0.05, 0.1) is 0 Å². The first-order chi connectivity index (χ1) is 11.1. The zero-order valence-electron chi connectivity index (χ0n) is 14.6. The van der Waals surface area contributed by atoms with Crippen molar-refractivity contribution in [1.29, 1.82) is 0 Å². The van der Waals surface area contributed by atoms with Gasteiger partial charge in [-0.2, -0.15) is 4.98 Å². The van der Waals surface area contributed by atoms with Crippen LogP contribution in [0.25, 0.3) is 0 Å². The summed E-state index contributed by atoms with van der Waals surface area (Å²) in [6, 6.07) is 12.3. The first-order valence-corrected chi connectivity index (χ1v) is 8.17. The fourth-order valence-electron chi connectivity index (χ4n) is 2.42. The van der Waals surface area contributed by atoms with Gasteiger partial charge in [-0.15, -0.1) is 0 Å². The van der Waals surface area contributed by atoms with Crippen molar-refractivity contribution in [2.45, 2.75) is 20.3 Å². The Labute approximate surface area is 139 Å². The summed E-state index contributed by atoms with van der Waals surface area (Å²) in [5.41, 5.74) is 2.08. The minimum absolute atomic E-state index is 0.744. The second-order valence-electron chi connectivity index (χ2n) is 5.86. The van der Waals surface area contributed by atoms with Crippen molar-refractivity contribution in [2.24, 2.45) is 0 Å². The first-order valence-electron chi connectivity index (χ1n) is 8.17. The van der Waals surface area contributed by atoms with Crippen LogP contribution < -0.4 is 10.2 Å². The van der Waals surface area contributed by atoms with Crippen LogP contribution in [0.1, 0.15) is 19.0 Å². The summed E-state index contributed by atoms with van der Waals surface area (Å²) in [5.74, 6) is 1.63. The second kappa shape index (κ2) is 8.48. The van der Waals surface area contributed by atoms with E-state index in [0.29, 0.717) is 0 Å². The van der Waals surface area contributed by atoms with Gasteiger partial charge in [-0.1, -0.05) is 18.2 Å². The minimum atomic E-state index is 0.744. The Kier molecular flexibility index (Phi) is 6.35. The SMILES string of the molecule is CCN(c1ccccc1)c1nc(C)cc(NCCCN(C)C)n1. The van der Waals surface area contributed by atoms with E-state index in [1.54, 1.807) is 0 Å². The Morgan fingerprint density at radius 2 is 1.83 bits per heavy atom. The molecule has 2 aromatic rings. The van der Waals surface area contributed by atoms with Crippen LogP contribution in [-0.4, -0.2) is 48.6 Å². The highest BCUT2D eigenvalue weighted by Crippen LogP contribution is 2.23. The maximum atomic E-state index is 4.69. The van der Waals surface area contributed by atoms with Crippen molar-refractivity contribution < 1.29 is 0 Å². The fourth-order valence-corrected chi connectivity index (χ4v) is 2.42. The van der Waals surface area contributed by atoms with Crippen LogP contribution >= 0.6 is 0 Å². The number of aryl methyl sites for hydroxylation is 1. The molecule has 0 aliphatic rings. The summed E-state index contributed by atoms with van der Waals surface area (Å²) < 4.78 is 0. The van der Waals surface area contributed by atoms with E-state index in [1.165, 1.54) is 0 Å². The molecule has 1 heterocycles. The van der Waals surface area contributed by atoms with Gasteiger partial charge in [-0.25, -0.2) is 4.98 Å². The van der Waals surface area contributed by atoms with Crippen molar-refractivity contribution in [3.8, 4) is 0 Å². The summed E-state index contributed by atoms with van der Waals surface area (Å²) in [6.07, 6.45) is 1.08. The molecule has 0 radical (unpaired) electrons. The fraction of sp³-hybridized carbons (Fsp3) is 0.444. The number of rotatable bonds is 8. The standard InChI is InChI=1S/C18H27N5/c1-5-23(16-10-7-6-8-11-16)18-20-15(2)14-17(21-18)19-12-9-13-22(3)4/h6-8,10-11,14H,5,9,12-13H2,1-4H3,(H,19,20,21). The molecule has 1 aromatic carbocycles. The third-order valence-electron chi connectivity index (χ3n) is 3.56. The number of aromatic nitrogens is 2. The second-order valence-corrected chi connectivity index (χ2v) is 5.86. The molecule has 0 fully saturated rings. The topological polar surface area (TPSA) is 44.3 Å². The smallest absolute Gasteiger partial charge is 0.232 e. The van der Waals surface area contributed by atoms with Gasteiger partial charge in [-0.05, 0) is 53.0 Å². The minimum Gasteiger partial charge on any atom is -0.370 e. The van der Waals surface area contributed by atoms with Crippen molar-refractivity contribution in [1.82, 2.24) is 14.9 Å². The molecular formula is C18H27N5. The van der Waals surface area contributed by atoms with Gasteiger partial charge in [-0.3, -0.25) is 0 Å². The predicted octanol–water partition coefficient (Wildman–Crippen LogP) is 3.31. The molecule has 0 spiro atoms. The van der Waals surface area contributed by atoms with Crippen molar-refractivity contribution in [2.75, 3.05) is 43.9 Å². The van der Waals surface area contributed by atoms with Crippen LogP contribution in [0.4, 0.5) is 17.5 Å². The van der Waals surface area contributed by atoms with Gasteiger partial charge in [0.25, 0.3) is 0 Å². The van der Waals surface area contributed by atoms with Gasteiger partial charge in [0, 0.05) is 30.5 Å². The molecule has 124 valence electrons. The van der Waals surface area contributed by atoms with Gasteiger partial charge in [0.15, 0.2) is 0 Å². The quantitative estimate of drug-likeness (QED) is 0.758. The molecule has 2 rings (SSSR count). The van der Waals surface area contributed by atoms with Crippen LogP contribution in [0, 0.1) is 6.92 Å². The van der Waals surface area contributed by atoms with E-state index in [-0.39, 0.29) is 0 Å². The molecule has 0 amide bonds. The number of nitrogens with one attached hydrogen (secondary N) is 1. The highest BCUT2D eigenvalue weighted by molar-refractivity contribution is 5.58. The number of nitrogens with zero attached hydrogens (tertiary/aromatic N) is 4. The Hall–Kier alpha value is -2.14. The van der Waals surface area contributed by atoms with E-state index in [0.717, 1.165) is 49.2 Å². The third-order valence-corrected chi connectivity index (χ3v) is 3.56. The average molecular weight is 313 g/mol. The van der Waals surface area contributed by atoms with E-state index in [2.05, 4.69) is 58.2 Å². The van der Waals surface area contributed by atoms with Gasteiger partial charge in [0.2, 0.25) is 5.95 Å². The summed E-state index contributed by atoms with van der Waals surface area (Å²) in [5, 5.41) is 3.41. The Morgan fingerprint density at radius 3 is 2.48 bits per heavy atom. The molecule has 0 aliphatic carbocycles. The Balaban J connectivity index is 2.12. The van der Waals surface area contributed by atoms with Gasteiger partial charge in [0.1, 0.15) is 5.82 Å². The molecule has 5 nitrogen and oxygen atoms in total. The number of benzene rings is 1. The highest BCUT2D eigenvalue weighted by atomic mass is 15.3. The molecule has 0 saturated heterocycles. The molecule has 5 heteroatoms. The molecule has 0 aliphatic heterocycles. The van der Waals surface area contributed by atoms with Gasteiger partial charge >= 0.3 is 0 Å². The lowest BCUT2D eigenvalue weighted by Crippen LogP contribution is -2.20. The van der Waals surface area contributed by atoms with Crippen molar-refractivity contribution >= 4 is 17.5 Å². The monoisotopic (exact) mass is 313 g/mol. The number of para-hydroxylation sites is 1. The molecule has 0 bridgehead atoms. The van der Waals surface area contributed by atoms with Crippen LogP contribution in [0.2, 0.25) is 0 Å². The van der Waals surface area contributed by atoms with E-state index in [4.69, 9.17) is 0 Å². The van der Waals surface area contributed by atoms with Gasteiger partial charge < -0.3 is 15.1 Å². The normalized spacial score (nSPS) is 10.8. The lowest BCUT2D eigenvalue weighted by Gasteiger charge is -2.22. The van der Waals surface area contributed by atoms with E-state index in [1.807, 2.05) is 31.2 Å². The lowest BCUT2D eigenvalue weighted by molar-refractivity contribution is 0.405. The molecule has 23 heavy (non-hydrogen) atoms. The van der Waals surface area contributed by atoms with Crippen LogP contribution in [0.3, 0.4) is 0 Å². The Morgan fingerprint density at radius 1 is 1.09 bits per heavy atom. The molecule has 1 aromatic heterocycles. The van der Waals surface area contributed by atoms with Crippen LogP contribution in [0.15, 0.2) is 36.4 Å². The summed E-state index contributed by atoms with van der Waals surface area (Å²) >= 11 is 0. The van der Waals surface area contributed by atoms with Crippen LogP contribution in [-0.2, 0) is 0 Å². The summed E-state index contributed by atoms with van der Waals surface area (Å²) in [6.45, 7) is 6.92. The summed E-state index contributed by atoms with van der Waals surface area (Å²) in [7, 11) is 4.18. The largest absolute Gasteiger partial charge is 0.370 e. The van der Waals surface area contributed by atoms with Crippen molar-refractivity contribution in [3.63, 3.8) is 0 Å². The summed E-state index contributed by atoms with van der Waals surface area (Å²) in [4.78, 5) is 13.6. The first kappa shape index (κ1) is 17.2. The lowest BCUT2D eigenvalue weighted by atomic mass is 10.3. The zero-order chi connectivity index (χ0) is 16.7. The maximum absolute atomic E-state index is 4.69. The molecular weight excluding hydrogens is 286 g/mol. The predicted molar refractivity (Wildman–Crippen MR) is 97.6 cm³/mol.